The van der Waals surface area contributed by atoms with Crippen LogP contribution < -0.4 is 11.0 Å². The second-order valence-corrected chi connectivity index (χ2v) is 5.56. The van der Waals surface area contributed by atoms with E-state index in [2.05, 4.69) is 20.5 Å². The van der Waals surface area contributed by atoms with Gasteiger partial charge in [0.25, 0.3) is 5.69 Å². The largest absolute Gasteiger partial charge is 0.373 e. The second-order valence-electron chi connectivity index (χ2n) is 4.57. The van der Waals surface area contributed by atoms with Gasteiger partial charge in [-0.15, -0.1) is 5.10 Å². The molecule has 1 fully saturated rings. The van der Waals surface area contributed by atoms with Crippen molar-refractivity contribution in [3.63, 3.8) is 0 Å². The number of aromatic amines is 1. The van der Waals surface area contributed by atoms with Crippen molar-refractivity contribution < 1.29 is 4.92 Å². The van der Waals surface area contributed by atoms with E-state index >= 15 is 0 Å². The summed E-state index contributed by atoms with van der Waals surface area (Å²) < 4.78 is 1.57. The van der Waals surface area contributed by atoms with Crippen molar-refractivity contribution in [1.29, 1.82) is 0 Å². The van der Waals surface area contributed by atoms with Gasteiger partial charge < -0.3 is 5.32 Å². The highest BCUT2D eigenvalue weighted by Crippen LogP contribution is 2.37. The Bertz CT molecular complexity index is 751. The van der Waals surface area contributed by atoms with E-state index in [1.54, 1.807) is 11.6 Å². The van der Waals surface area contributed by atoms with Crippen molar-refractivity contribution >= 4 is 23.3 Å². The second kappa shape index (κ2) is 5.20. The summed E-state index contributed by atoms with van der Waals surface area (Å²) in [4.78, 5) is 26.4. The Morgan fingerprint density at radius 1 is 1.52 bits per heavy atom. The van der Waals surface area contributed by atoms with Crippen LogP contribution in [-0.2, 0) is 0 Å². The minimum atomic E-state index is -0.481. The highest BCUT2D eigenvalue weighted by Gasteiger charge is 2.29. The first-order valence-corrected chi connectivity index (χ1v) is 7.09. The predicted octanol–water partition coefficient (Wildman–Crippen LogP) is 1.40. The average molecular weight is 308 g/mol. The molecule has 10 heteroatoms. The number of H-pyrrole nitrogens is 1. The van der Waals surface area contributed by atoms with Gasteiger partial charge >= 0.3 is 5.69 Å². The van der Waals surface area contributed by atoms with E-state index in [-0.39, 0.29) is 17.4 Å². The van der Waals surface area contributed by atoms with Gasteiger partial charge in [-0.2, -0.15) is 0 Å². The summed E-state index contributed by atoms with van der Waals surface area (Å²) in [6.07, 6.45) is 1.88. The lowest BCUT2D eigenvalue weighted by Crippen LogP contribution is -2.16. The lowest BCUT2D eigenvalue weighted by atomic mass is 10.4. The Labute approximate surface area is 122 Å². The molecule has 2 aromatic rings. The summed E-state index contributed by atoms with van der Waals surface area (Å²) >= 11 is 1.13. The van der Waals surface area contributed by atoms with Crippen LogP contribution in [0.2, 0.25) is 0 Å². The van der Waals surface area contributed by atoms with E-state index < -0.39 is 4.92 Å². The maximum atomic E-state index is 11.7. The molecule has 0 aromatic carbocycles. The van der Waals surface area contributed by atoms with E-state index in [0.29, 0.717) is 16.0 Å². The van der Waals surface area contributed by atoms with Crippen LogP contribution in [0.25, 0.3) is 0 Å². The first-order chi connectivity index (χ1) is 10.1. The molecule has 0 amide bonds. The van der Waals surface area contributed by atoms with Gasteiger partial charge in [-0.05, 0) is 24.6 Å². The molecular formula is C11H12N6O3S. The molecule has 21 heavy (non-hydrogen) atoms. The molecule has 0 radical (unpaired) electrons. The quantitative estimate of drug-likeness (QED) is 0.633. The highest BCUT2D eigenvalue weighted by molar-refractivity contribution is 7.99. The SMILES string of the molecule is CNc1cc([N+](=O)[O-])cc(Sc2n[nH]c(=O)n2C2CC2)n1. The molecule has 0 unspecified atom stereocenters. The molecular weight excluding hydrogens is 296 g/mol. The van der Waals surface area contributed by atoms with Gasteiger partial charge in [0.15, 0.2) is 5.16 Å². The maximum Gasteiger partial charge on any atom is 0.344 e. The van der Waals surface area contributed by atoms with Crippen LogP contribution >= 0.6 is 11.8 Å². The van der Waals surface area contributed by atoms with Gasteiger partial charge in [-0.3, -0.25) is 14.7 Å². The van der Waals surface area contributed by atoms with Gasteiger partial charge in [0.05, 0.1) is 11.0 Å². The van der Waals surface area contributed by atoms with Crippen molar-refractivity contribution in [3.8, 4) is 0 Å². The third-order valence-corrected chi connectivity index (χ3v) is 3.92. The van der Waals surface area contributed by atoms with Crippen LogP contribution in [0.4, 0.5) is 11.5 Å². The molecule has 1 aliphatic carbocycles. The zero-order chi connectivity index (χ0) is 15.0. The van der Waals surface area contributed by atoms with Gasteiger partial charge in [-0.25, -0.2) is 14.9 Å². The van der Waals surface area contributed by atoms with Crippen molar-refractivity contribution in [2.75, 3.05) is 12.4 Å². The molecule has 0 aliphatic heterocycles. The molecule has 110 valence electrons. The molecule has 2 heterocycles. The number of pyridine rings is 1. The Kier molecular flexibility index (Phi) is 3.37. The topological polar surface area (TPSA) is 119 Å². The molecule has 2 N–H and O–H groups in total. The lowest BCUT2D eigenvalue weighted by Gasteiger charge is -2.05. The number of nitrogens with one attached hydrogen (secondary N) is 2. The average Bonchev–Trinajstić information content (AvgIpc) is 3.23. The molecule has 9 nitrogen and oxygen atoms in total. The van der Waals surface area contributed by atoms with Gasteiger partial charge in [-0.1, -0.05) is 0 Å². The van der Waals surface area contributed by atoms with Crippen LogP contribution in [0, 0.1) is 10.1 Å². The molecule has 0 atom stereocenters. The molecule has 3 rings (SSSR count). The zero-order valence-corrected chi connectivity index (χ0v) is 11.9. The summed E-state index contributed by atoms with van der Waals surface area (Å²) in [7, 11) is 1.63. The molecule has 0 spiro atoms. The van der Waals surface area contributed by atoms with Gasteiger partial charge in [0, 0.05) is 19.2 Å². The number of rotatable bonds is 5. The smallest absolute Gasteiger partial charge is 0.344 e. The Morgan fingerprint density at radius 3 is 2.90 bits per heavy atom. The fourth-order valence-corrected chi connectivity index (χ4v) is 2.82. The van der Waals surface area contributed by atoms with Crippen molar-refractivity contribution in [3.05, 3.63) is 32.7 Å². The first-order valence-electron chi connectivity index (χ1n) is 6.27. The van der Waals surface area contributed by atoms with E-state index in [1.165, 1.54) is 12.1 Å². The number of aromatic nitrogens is 4. The number of anilines is 1. The van der Waals surface area contributed by atoms with E-state index in [0.717, 1.165) is 24.6 Å². The minimum Gasteiger partial charge on any atom is -0.373 e. The number of hydrogen-bond donors (Lipinski definition) is 2. The maximum absolute atomic E-state index is 11.7. The van der Waals surface area contributed by atoms with Crippen LogP contribution in [0.3, 0.4) is 0 Å². The van der Waals surface area contributed by atoms with Crippen molar-refractivity contribution in [1.82, 2.24) is 19.7 Å². The fraction of sp³-hybridized carbons (Fsp3) is 0.364. The number of nitro groups is 1. The van der Waals surface area contributed by atoms with Crippen LogP contribution in [0.15, 0.2) is 27.1 Å². The Balaban J connectivity index is 1.96. The monoisotopic (exact) mass is 308 g/mol. The Hall–Kier alpha value is -2.36. The summed E-state index contributed by atoms with van der Waals surface area (Å²) in [6.45, 7) is 0. The molecule has 1 aliphatic rings. The van der Waals surface area contributed by atoms with E-state index in [9.17, 15) is 14.9 Å². The lowest BCUT2D eigenvalue weighted by molar-refractivity contribution is -0.385. The van der Waals surface area contributed by atoms with Gasteiger partial charge in [0.1, 0.15) is 10.8 Å². The standard InChI is InChI=1S/C11H12N6O3S/c1-12-8-4-7(17(19)20)5-9(13-8)21-11-15-14-10(18)16(11)6-2-3-6/h4-6H,2-3H2,1H3,(H,12,13)(H,14,18). The molecule has 1 saturated carbocycles. The third-order valence-electron chi connectivity index (χ3n) is 3.03. The van der Waals surface area contributed by atoms with Crippen LogP contribution in [0.1, 0.15) is 18.9 Å². The predicted molar refractivity (Wildman–Crippen MR) is 75.7 cm³/mol. The van der Waals surface area contributed by atoms with Crippen LogP contribution in [0.5, 0.6) is 0 Å². The summed E-state index contributed by atoms with van der Waals surface area (Å²) in [6, 6.07) is 2.88. The van der Waals surface area contributed by atoms with Crippen molar-refractivity contribution in [2.24, 2.45) is 0 Å². The molecule has 2 aromatic heterocycles. The van der Waals surface area contributed by atoms with E-state index in [4.69, 9.17) is 0 Å². The Morgan fingerprint density at radius 2 is 2.29 bits per heavy atom. The fourth-order valence-electron chi connectivity index (χ4n) is 1.89. The zero-order valence-electron chi connectivity index (χ0n) is 11.1. The first kappa shape index (κ1) is 13.6. The number of nitrogens with zero attached hydrogens (tertiary/aromatic N) is 4. The summed E-state index contributed by atoms with van der Waals surface area (Å²) in [5.41, 5.74) is -0.327. The molecule has 0 bridgehead atoms. The normalized spacial score (nSPS) is 14.1. The highest BCUT2D eigenvalue weighted by atomic mass is 32.2. The third kappa shape index (κ3) is 2.75. The molecule has 0 saturated heterocycles. The minimum absolute atomic E-state index is 0.0623. The van der Waals surface area contributed by atoms with Crippen LogP contribution in [-0.4, -0.2) is 31.7 Å². The summed E-state index contributed by atoms with van der Waals surface area (Å²) in [5.74, 6) is 0.391. The van der Waals surface area contributed by atoms with Gasteiger partial charge in [0.2, 0.25) is 0 Å². The van der Waals surface area contributed by atoms with E-state index in [1.807, 2.05) is 0 Å². The summed E-state index contributed by atoms with van der Waals surface area (Å²) in [5, 5.41) is 21.0. The number of hydrogen-bond acceptors (Lipinski definition) is 7. The van der Waals surface area contributed by atoms with Crippen molar-refractivity contribution in [2.45, 2.75) is 29.1 Å².